The van der Waals surface area contributed by atoms with Crippen LogP contribution in [0.15, 0.2) is 47.2 Å². The predicted octanol–water partition coefficient (Wildman–Crippen LogP) is 2.49. The van der Waals surface area contributed by atoms with Gasteiger partial charge in [-0.05, 0) is 19.1 Å². The summed E-state index contributed by atoms with van der Waals surface area (Å²) in [5.41, 5.74) is 0.803. The summed E-state index contributed by atoms with van der Waals surface area (Å²) in [5, 5.41) is 6.32. The summed E-state index contributed by atoms with van der Waals surface area (Å²) in [4.78, 5) is 24.8. The highest BCUT2D eigenvalue weighted by Gasteiger charge is 2.21. The first kappa shape index (κ1) is 17.9. The highest BCUT2D eigenvalue weighted by molar-refractivity contribution is 6.02. The minimum absolute atomic E-state index is 0.189. The summed E-state index contributed by atoms with van der Waals surface area (Å²) in [6.07, 6.45) is 3.00. The lowest BCUT2D eigenvalue weighted by Gasteiger charge is -2.36. The number of hydrogen-bond acceptors (Lipinski definition) is 7. The average molecular weight is 382 g/mol. The van der Waals surface area contributed by atoms with E-state index in [9.17, 15) is 9.18 Å². The van der Waals surface area contributed by atoms with Crippen molar-refractivity contribution in [2.24, 2.45) is 0 Å². The lowest BCUT2D eigenvalue weighted by Crippen LogP contribution is -2.47. The van der Waals surface area contributed by atoms with Gasteiger partial charge in [-0.15, -0.1) is 0 Å². The number of amides is 1. The maximum Gasteiger partial charge on any atom is 0.277 e. The van der Waals surface area contributed by atoms with E-state index < -0.39 is 5.91 Å². The van der Waals surface area contributed by atoms with Crippen molar-refractivity contribution >= 4 is 23.2 Å². The smallest absolute Gasteiger partial charge is 0.277 e. The number of aromatic nitrogens is 3. The van der Waals surface area contributed by atoms with Gasteiger partial charge in [0.25, 0.3) is 5.91 Å². The molecule has 0 atom stereocenters. The molecular formula is C19H19FN6O2. The van der Waals surface area contributed by atoms with E-state index in [1.807, 2.05) is 11.0 Å². The second-order valence-corrected chi connectivity index (χ2v) is 6.46. The number of halogens is 1. The van der Waals surface area contributed by atoms with Gasteiger partial charge in [0.1, 0.15) is 23.1 Å². The van der Waals surface area contributed by atoms with Gasteiger partial charge in [-0.2, -0.15) is 0 Å². The van der Waals surface area contributed by atoms with Gasteiger partial charge < -0.3 is 19.6 Å². The minimum atomic E-state index is -0.406. The number of benzene rings is 1. The van der Waals surface area contributed by atoms with Crippen LogP contribution in [0.5, 0.6) is 0 Å². The topological polar surface area (TPSA) is 87.4 Å². The zero-order valence-corrected chi connectivity index (χ0v) is 15.3. The van der Waals surface area contributed by atoms with Crippen molar-refractivity contribution < 1.29 is 13.7 Å². The molecule has 1 saturated heterocycles. The first-order valence-electron chi connectivity index (χ1n) is 8.91. The third-order valence-corrected chi connectivity index (χ3v) is 4.54. The zero-order valence-electron chi connectivity index (χ0n) is 15.3. The Kier molecular flexibility index (Phi) is 4.88. The second kappa shape index (κ2) is 7.63. The van der Waals surface area contributed by atoms with E-state index in [0.29, 0.717) is 49.3 Å². The van der Waals surface area contributed by atoms with Crippen LogP contribution >= 0.6 is 0 Å². The second-order valence-electron chi connectivity index (χ2n) is 6.46. The fourth-order valence-corrected chi connectivity index (χ4v) is 3.09. The van der Waals surface area contributed by atoms with Crippen molar-refractivity contribution in [1.82, 2.24) is 15.1 Å². The maximum atomic E-state index is 13.9. The Labute approximate surface area is 161 Å². The Bertz CT molecular complexity index is 967. The van der Waals surface area contributed by atoms with E-state index in [0.717, 1.165) is 0 Å². The number of para-hydroxylation sites is 1. The molecule has 4 rings (SSSR count). The molecule has 1 fully saturated rings. The summed E-state index contributed by atoms with van der Waals surface area (Å²) < 4.78 is 18.9. The molecule has 1 N–H and O–H groups in total. The molecular weight excluding hydrogens is 363 g/mol. The van der Waals surface area contributed by atoms with E-state index in [-0.39, 0.29) is 11.5 Å². The maximum absolute atomic E-state index is 13.9. The van der Waals surface area contributed by atoms with Crippen LogP contribution in [0, 0.1) is 12.7 Å². The quantitative estimate of drug-likeness (QED) is 0.742. The summed E-state index contributed by atoms with van der Waals surface area (Å²) >= 11 is 0. The molecule has 0 aliphatic carbocycles. The van der Waals surface area contributed by atoms with Gasteiger partial charge in [-0.1, -0.05) is 17.3 Å². The highest BCUT2D eigenvalue weighted by atomic mass is 19.1. The van der Waals surface area contributed by atoms with E-state index in [1.165, 1.54) is 12.3 Å². The van der Waals surface area contributed by atoms with Crippen LogP contribution in [0.25, 0.3) is 0 Å². The Hall–Kier alpha value is -3.49. The Morgan fingerprint density at radius 2 is 1.86 bits per heavy atom. The van der Waals surface area contributed by atoms with Crippen LogP contribution in [0.1, 0.15) is 16.2 Å². The SMILES string of the molecule is Cc1cc(NC(=O)c2cnc(N3CCN(c4ccccc4F)CC3)cn2)no1. The lowest BCUT2D eigenvalue weighted by molar-refractivity contribution is 0.102. The minimum Gasteiger partial charge on any atom is -0.366 e. The lowest BCUT2D eigenvalue weighted by atomic mass is 10.2. The fourth-order valence-electron chi connectivity index (χ4n) is 3.09. The summed E-state index contributed by atoms with van der Waals surface area (Å²) in [5.74, 6) is 0.996. The van der Waals surface area contributed by atoms with E-state index in [2.05, 4.69) is 25.3 Å². The molecule has 1 amide bonds. The van der Waals surface area contributed by atoms with E-state index in [1.54, 1.807) is 31.3 Å². The van der Waals surface area contributed by atoms with Gasteiger partial charge >= 0.3 is 0 Å². The van der Waals surface area contributed by atoms with Crippen molar-refractivity contribution in [2.45, 2.75) is 6.92 Å². The van der Waals surface area contributed by atoms with Crippen LogP contribution in [-0.4, -0.2) is 47.2 Å². The van der Waals surface area contributed by atoms with Gasteiger partial charge in [0, 0.05) is 32.2 Å². The molecule has 28 heavy (non-hydrogen) atoms. The molecule has 9 heteroatoms. The van der Waals surface area contributed by atoms with Crippen LogP contribution in [0.4, 0.5) is 21.7 Å². The Morgan fingerprint density at radius 1 is 1.11 bits per heavy atom. The van der Waals surface area contributed by atoms with Gasteiger partial charge in [0.15, 0.2) is 5.82 Å². The average Bonchev–Trinajstić information content (AvgIpc) is 3.13. The predicted molar refractivity (Wildman–Crippen MR) is 102 cm³/mol. The monoisotopic (exact) mass is 382 g/mol. The van der Waals surface area contributed by atoms with Gasteiger partial charge in [-0.25, -0.2) is 14.4 Å². The molecule has 3 aromatic rings. The molecule has 0 spiro atoms. The third-order valence-electron chi connectivity index (χ3n) is 4.54. The van der Waals surface area contributed by atoms with Crippen LogP contribution in [0.3, 0.4) is 0 Å². The fraction of sp³-hybridized carbons (Fsp3) is 0.263. The molecule has 1 aliphatic rings. The van der Waals surface area contributed by atoms with Crippen LogP contribution in [-0.2, 0) is 0 Å². The van der Waals surface area contributed by atoms with Crippen molar-refractivity contribution in [3.8, 4) is 0 Å². The van der Waals surface area contributed by atoms with Crippen molar-refractivity contribution in [3.63, 3.8) is 0 Å². The number of anilines is 3. The molecule has 0 saturated carbocycles. The molecule has 0 unspecified atom stereocenters. The molecule has 1 aliphatic heterocycles. The third kappa shape index (κ3) is 3.78. The zero-order chi connectivity index (χ0) is 19.5. The number of aryl methyl sites for hydroxylation is 1. The molecule has 144 valence electrons. The number of hydrogen-bond donors (Lipinski definition) is 1. The normalized spacial score (nSPS) is 14.2. The molecule has 3 heterocycles. The number of piperazine rings is 1. The largest absolute Gasteiger partial charge is 0.366 e. The van der Waals surface area contributed by atoms with Crippen molar-refractivity contribution in [2.75, 3.05) is 41.3 Å². The number of carbonyl (C=O) groups is 1. The standard InChI is InChI=1S/C19H19FN6O2/c1-13-10-17(24-28-13)23-19(27)15-11-22-18(12-21-15)26-8-6-25(7-9-26)16-5-3-2-4-14(16)20/h2-5,10-12H,6-9H2,1H3,(H,23,24,27). The van der Waals surface area contributed by atoms with E-state index in [4.69, 9.17) is 4.52 Å². The number of rotatable bonds is 4. The number of carbonyl (C=O) groups excluding carboxylic acids is 1. The molecule has 0 bridgehead atoms. The van der Waals surface area contributed by atoms with Crippen LogP contribution in [0.2, 0.25) is 0 Å². The number of nitrogens with one attached hydrogen (secondary N) is 1. The molecule has 1 aromatic carbocycles. The highest BCUT2D eigenvalue weighted by Crippen LogP contribution is 2.21. The number of nitrogens with zero attached hydrogens (tertiary/aromatic N) is 5. The molecule has 0 radical (unpaired) electrons. The van der Waals surface area contributed by atoms with E-state index >= 15 is 0 Å². The summed E-state index contributed by atoms with van der Waals surface area (Å²) in [6.45, 7) is 4.47. The van der Waals surface area contributed by atoms with Crippen LogP contribution < -0.4 is 15.1 Å². The van der Waals surface area contributed by atoms with Gasteiger partial charge in [-0.3, -0.25) is 4.79 Å². The summed E-state index contributed by atoms with van der Waals surface area (Å²) in [7, 11) is 0. The Balaban J connectivity index is 1.37. The van der Waals surface area contributed by atoms with Gasteiger partial charge in [0.05, 0.1) is 18.1 Å². The summed E-state index contributed by atoms with van der Waals surface area (Å²) in [6, 6.07) is 8.40. The van der Waals surface area contributed by atoms with Crippen molar-refractivity contribution in [3.05, 3.63) is 60.0 Å². The first-order valence-corrected chi connectivity index (χ1v) is 8.91. The molecule has 8 nitrogen and oxygen atoms in total. The van der Waals surface area contributed by atoms with Crippen molar-refractivity contribution in [1.29, 1.82) is 0 Å². The van der Waals surface area contributed by atoms with Gasteiger partial charge in [0.2, 0.25) is 0 Å². The Morgan fingerprint density at radius 3 is 2.50 bits per heavy atom. The molecule has 2 aromatic heterocycles. The first-order chi connectivity index (χ1) is 13.6.